The van der Waals surface area contributed by atoms with Gasteiger partial charge in [0.05, 0.1) is 0 Å². The number of halogens is 2. The van der Waals surface area contributed by atoms with Gasteiger partial charge in [-0.2, -0.15) is 0 Å². The smallest absolute Gasteiger partial charge is 0.0294 e. The van der Waals surface area contributed by atoms with Gasteiger partial charge in [0.2, 0.25) is 0 Å². The van der Waals surface area contributed by atoms with Gasteiger partial charge in [-0.3, -0.25) is 0 Å². The van der Waals surface area contributed by atoms with Crippen LogP contribution in [0.25, 0.3) is 0 Å². The molecule has 0 unspecified atom stereocenters. The van der Waals surface area contributed by atoms with Crippen molar-refractivity contribution >= 4 is 23.2 Å². The minimum atomic E-state index is 0.0236. The predicted octanol–water partition coefficient (Wildman–Crippen LogP) is 5.36. The second-order valence-electron chi connectivity index (χ2n) is 5.97. The lowest BCUT2D eigenvalue weighted by Gasteiger charge is -2.32. The van der Waals surface area contributed by atoms with Crippen LogP contribution in [0.4, 0.5) is 0 Å². The molecule has 0 heterocycles. The molecule has 0 aliphatic heterocycles. The Bertz CT molecular complexity index is 379. The van der Waals surface area contributed by atoms with Crippen molar-refractivity contribution < 1.29 is 0 Å². The summed E-state index contributed by atoms with van der Waals surface area (Å²) in [5.41, 5.74) is 4.05. The van der Waals surface area contributed by atoms with Crippen LogP contribution >= 0.6 is 23.2 Å². The summed E-state index contributed by atoms with van der Waals surface area (Å²) in [5, 5.41) is 0. The first-order chi connectivity index (χ1) is 8.42. The molecule has 0 aliphatic carbocycles. The van der Waals surface area contributed by atoms with E-state index in [0.717, 1.165) is 12.8 Å². The van der Waals surface area contributed by atoms with E-state index in [-0.39, 0.29) is 5.41 Å². The van der Waals surface area contributed by atoms with Crippen LogP contribution in [0.3, 0.4) is 0 Å². The summed E-state index contributed by atoms with van der Waals surface area (Å²) in [6, 6.07) is 6.61. The van der Waals surface area contributed by atoms with E-state index in [9.17, 15) is 0 Å². The highest BCUT2D eigenvalue weighted by molar-refractivity contribution is 6.21. The molecule has 0 nitrogen and oxygen atoms in total. The summed E-state index contributed by atoms with van der Waals surface area (Å²) in [6.45, 7) is 8.76. The Morgan fingerprint density at radius 2 is 1.72 bits per heavy atom. The molecule has 0 fully saturated rings. The Hall–Kier alpha value is -0.200. The largest absolute Gasteiger partial charge is 0.126 e. The molecule has 0 spiro atoms. The predicted molar refractivity (Wildman–Crippen MR) is 82.9 cm³/mol. The van der Waals surface area contributed by atoms with Crippen LogP contribution in [0.5, 0.6) is 0 Å². The van der Waals surface area contributed by atoms with Gasteiger partial charge in [0.15, 0.2) is 0 Å². The molecule has 0 saturated carbocycles. The molecule has 102 valence electrons. The van der Waals surface area contributed by atoms with Crippen LogP contribution in [-0.2, 0) is 6.42 Å². The molecule has 0 aliphatic rings. The zero-order chi connectivity index (χ0) is 13.8. The molecule has 1 rings (SSSR count). The molecule has 0 amide bonds. The zero-order valence-corrected chi connectivity index (χ0v) is 13.4. The summed E-state index contributed by atoms with van der Waals surface area (Å²) in [4.78, 5) is 0. The molecule has 0 aromatic heterocycles. The lowest BCUT2D eigenvalue weighted by atomic mass is 9.77. The number of benzene rings is 1. The number of aryl methyl sites for hydroxylation is 2. The van der Waals surface area contributed by atoms with E-state index < -0.39 is 0 Å². The highest BCUT2D eigenvalue weighted by atomic mass is 35.5. The quantitative estimate of drug-likeness (QED) is 0.618. The van der Waals surface area contributed by atoms with Crippen molar-refractivity contribution in [1.82, 2.24) is 0 Å². The molecule has 0 N–H and O–H groups in total. The van der Waals surface area contributed by atoms with E-state index in [1.807, 2.05) is 0 Å². The molecule has 0 atom stereocenters. The van der Waals surface area contributed by atoms with Crippen LogP contribution in [0, 0.1) is 25.2 Å². The van der Waals surface area contributed by atoms with Crippen molar-refractivity contribution in [2.75, 3.05) is 11.8 Å². The average molecular weight is 287 g/mol. The molecule has 2 heteroatoms. The minimum Gasteiger partial charge on any atom is -0.126 e. The lowest BCUT2D eigenvalue weighted by molar-refractivity contribution is 0.295. The summed E-state index contributed by atoms with van der Waals surface area (Å²) >= 11 is 12.5. The van der Waals surface area contributed by atoms with Gasteiger partial charge in [-0.1, -0.05) is 37.6 Å². The molecule has 0 saturated heterocycles. The summed E-state index contributed by atoms with van der Waals surface area (Å²) in [7, 11) is 0. The van der Waals surface area contributed by atoms with Crippen molar-refractivity contribution in [2.24, 2.45) is 11.3 Å². The van der Waals surface area contributed by atoms with Crippen molar-refractivity contribution in [3.8, 4) is 0 Å². The van der Waals surface area contributed by atoms with E-state index in [0.29, 0.717) is 17.7 Å². The number of alkyl halides is 2. The first kappa shape index (κ1) is 15.9. The Labute approximate surface area is 122 Å². The third kappa shape index (κ3) is 4.17. The van der Waals surface area contributed by atoms with Crippen molar-refractivity contribution in [3.05, 3.63) is 34.9 Å². The highest BCUT2D eigenvalue weighted by Crippen LogP contribution is 2.34. The Kier molecular flexibility index (Phi) is 6.01. The Morgan fingerprint density at radius 3 is 2.22 bits per heavy atom. The zero-order valence-electron chi connectivity index (χ0n) is 11.9. The van der Waals surface area contributed by atoms with Crippen LogP contribution in [-0.4, -0.2) is 11.8 Å². The number of hydrogen-bond acceptors (Lipinski definition) is 0. The van der Waals surface area contributed by atoms with Gasteiger partial charge in [0.25, 0.3) is 0 Å². The fourth-order valence-corrected chi connectivity index (χ4v) is 3.27. The second-order valence-corrected chi connectivity index (χ2v) is 6.51. The van der Waals surface area contributed by atoms with E-state index in [1.54, 1.807) is 0 Å². The van der Waals surface area contributed by atoms with Gasteiger partial charge < -0.3 is 0 Å². The van der Waals surface area contributed by atoms with Gasteiger partial charge in [-0.05, 0) is 43.7 Å². The third-order valence-corrected chi connectivity index (χ3v) is 4.61. The maximum Gasteiger partial charge on any atom is 0.0294 e. The van der Waals surface area contributed by atoms with Crippen molar-refractivity contribution in [1.29, 1.82) is 0 Å². The van der Waals surface area contributed by atoms with E-state index in [4.69, 9.17) is 23.2 Å². The topological polar surface area (TPSA) is 0 Å². The molecule has 1 aromatic rings. The maximum atomic E-state index is 6.23. The monoisotopic (exact) mass is 286 g/mol. The molecular formula is C16H24Cl2. The van der Waals surface area contributed by atoms with E-state index >= 15 is 0 Å². The molecule has 0 radical (unpaired) electrons. The maximum absolute atomic E-state index is 6.23. The average Bonchev–Trinajstić information content (AvgIpc) is 2.32. The Morgan fingerprint density at radius 1 is 1.11 bits per heavy atom. The minimum absolute atomic E-state index is 0.0236. The van der Waals surface area contributed by atoms with Gasteiger partial charge in [-0.15, -0.1) is 23.2 Å². The second kappa shape index (κ2) is 6.82. The first-order valence-corrected chi connectivity index (χ1v) is 7.67. The van der Waals surface area contributed by atoms with Crippen molar-refractivity contribution in [2.45, 2.75) is 40.5 Å². The van der Waals surface area contributed by atoms with Crippen molar-refractivity contribution in [3.63, 3.8) is 0 Å². The molecule has 18 heavy (non-hydrogen) atoms. The molecule has 0 bridgehead atoms. The summed E-state index contributed by atoms with van der Waals surface area (Å²) in [6.07, 6.45) is 2.05. The van der Waals surface area contributed by atoms with Gasteiger partial charge in [-0.25, -0.2) is 0 Å². The Balaban J connectivity index is 2.98. The van der Waals surface area contributed by atoms with E-state index in [2.05, 4.69) is 45.9 Å². The fraction of sp³-hybridized carbons (Fsp3) is 0.625. The van der Waals surface area contributed by atoms with Crippen LogP contribution in [0.1, 0.15) is 37.0 Å². The first-order valence-electron chi connectivity index (χ1n) is 6.60. The normalized spacial score (nSPS) is 12.2. The standard InChI is InChI=1S/C16H24Cl2/c1-12(2)8-16(10-17,11-18)9-15-7-13(3)5-6-14(15)4/h5-7,12H,8-11H2,1-4H3. The van der Waals surface area contributed by atoms with Crippen LogP contribution < -0.4 is 0 Å². The number of hydrogen-bond donors (Lipinski definition) is 0. The lowest BCUT2D eigenvalue weighted by Crippen LogP contribution is -2.30. The van der Waals surface area contributed by atoms with Crippen LogP contribution in [0.2, 0.25) is 0 Å². The van der Waals surface area contributed by atoms with Gasteiger partial charge >= 0.3 is 0 Å². The third-order valence-electron chi connectivity index (χ3n) is 3.48. The summed E-state index contributed by atoms with van der Waals surface area (Å²) in [5.74, 6) is 1.87. The van der Waals surface area contributed by atoms with Gasteiger partial charge in [0, 0.05) is 17.2 Å². The van der Waals surface area contributed by atoms with E-state index in [1.165, 1.54) is 16.7 Å². The highest BCUT2D eigenvalue weighted by Gasteiger charge is 2.30. The molecular weight excluding hydrogens is 263 g/mol. The number of rotatable bonds is 6. The fourth-order valence-electron chi connectivity index (χ4n) is 2.57. The molecule has 1 aromatic carbocycles. The SMILES string of the molecule is Cc1ccc(C)c(CC(CCl)(CCl)CC(C)C)c1. The summed E-state index contributed by atoms with van der Waals surface area (Å²) < 4.78 is 0. The van der Waals surface area contributed by atoms with Crippen LogP contribution in [0.15, 0.2) is 18.2 Å². The van der Waals surface area contributed by atoms with Gasteiger partial charge in [0.1, 0.15) is 0 Å².